The number of esters is 1. The van der Waals surface area contributed by atoms with Gasteiger partial charge in [-0.15, -0.1) is 0 Å². The van der Waals surface area contributed by atoms with Gasteiger partial charge in [0.2, 0.25) is 11.5 Å². The summed E-state index contributed by atoms with van der Waals surface area (Å²) in [5, 5.41) is 0. The lowest BCUT2D eigenvalue weighted by Gasteiger charge is -2.01. The van der Waals surface area contributed by atoms with E-state index in [0.717, 1.165) is 6.92 Å². The third-order valence-electron chi connectivity index (χ3n) is 1.77. The van der Waals surface area contributed by atoms with E-state index in [1.165, 1.54) is 19.2 Å². The first kappa shape index (κ1) is 13.3. The summed E-state index contributed by atoms with van der Waals surface area (Å²) in [6.45, 7) is 1.08. The molecule has 6 nitrogen and oxygen atoms in total. The first-order valence-electron chi connectivity index (χ1n) is 4.49. The van der Waals surface area contributed by atoms with Gasteiger partial charge in [0.25, 0.3) is 4.92 Å². The fourth-order valence-corrected chi connectivity index (χ4v) is 1.34. The Kier molecular flexibility index (Phi) is 4.33. The average molecular weight is 303 g/mol. The number of Topliss-reactive ketones (excluding diaryl/α,β-unsaturated/α-hetero) is 1. The Bertz CT molecular complexity index is 486. The van der Waals surface area contributed by atoms with Crippen LogP contribution in [0.25, 0.3) is 0 Å². The van der Waals surface area contributed by atoms with Crippen LogP contribution in [0.2, 0.25) is 0 Å². The van der Waals surface area contributed by atoms with Crippen molar-refractivity contribution in [2.24, 2.45) is 0 Å². The molecule has 7 heteroatoms. The Morgan fingerprint density at radius 1 is 1.35 bits per heavy atom. The normalized spacial score (nSPS) is 9.59. The van der Waals surface area contributed by atoms with E-state index >= 15 is 0 Å². The Morgan fingerprint density at radius 2 is 2.00 bits per heavy atom. The number of carbonyl (C=O) groups excluding carboxylic acids is 2. The smallest absolute Gasteiger partial charge is 0.379 e. The zero-order chi connectivity index (χ0) is 13.0. The highest BCUT2D eigenvalue weighted by molar-refractivity contribution is 9.10. The van der Waals surface area contributed by atoms with Gasteiger partial charge in [0, 0.05) is 17.5 Å². The van der Waals surface area contributed by atoms with Gasteiger partial charge in [0.05, 0.1) is 4.91 Å². The highest BCUT2D eigenvalue weighted by Gasteiger charge is 2.25. The number of hydrogen-bond donors (Lipinski definition) is 0. The minimum atomic E-state index is -1.04. The summed E-state index contributed by atoms with van der Waals surface area (Å²) in [6.07, 6.45) is 0. The van der Waals surface area contributed by atoms with Crippen molar-refractivity contribution in [3.8, 4) is 5.75 Å². The topological polar surface area (TPSA) is 72.7 Å². The molecule has 0 saturated heterocycles. The van der Waals surface area contributed by atoms with Crippen molar-refractivity contribution in [3.63, 3.8) is 0 Å². The van der Waals surface area contributed by atoms with Crippen LogP contribution in [0, 0.1) is 4.91 Å². The fraction of sp³-hybridized carbons (Fsp3) is 0.200. The van der Waals surface area contributed by atoms with E-state index in [1.807, 2.05) is 0 Å². The number of carbonyl (C=O) groups is 2. The predicted octanol–water partition coefficient (Wildman–Crippen LogP) is 1.92. The molecule has 0 unspecified atom stereocenters. The van der Waals surface area contributed by atoms with E-state index in [1.54, 1.807) is 6.07 Å². The molecule has 1 rings (SSSR count). The molecule has 0 aromatic heterocycles. The van der Waals surface area contributed by atoms with E-state index in [9.17, 15) is 14.5 Å². The molecule has 90 valence electrons. The van der Waals surface area contributed by atoms with Crippen molar-refractivity contribution in [1.29, 1.82) is 0 Å². The average Bonchev–Trinajstić information content (AvgIpc) is 2.30. The number of nitrogens with zero attached hydrogens (tertiary/aromatic N) is 1. The summed E-state index contributed by atoms with van der Waals surface area (Å²) in [4.78, 5) is 37.8. The van der Waals surface area contributed by atoms with Crippen molar-refractivity contribution >= 4 is 33.4 Å². The molecule has 1 aromatic carbocycles. The maximum Gasteiger partial charge on any atom is 0.379 e. The van der Waals surface area contributed by atoms with Crippen molar-refractivity contribution in [2.45, 2.75) is 6.92 Å². The lowest BCUT2D eigenvalue weighted by molar-refractivity contribution is -0.736. The Morgan fingerprint density at radius 3 is 2.53 bits per heavy atom. The molecular formula is C10H9BrNO5+. The van der Waals surface area contributed by atoms with Crippen LogP contribution in [0.3, 0.4) is 0 Å². The van der Waals surface area contributed by atoms with Gasteiger partial charge < -0.3 is 4.74 Å². The highest BCUT2D eigenvalue weighted by Crippen LogP contribution is 2.30. The summed E-state index contributed by atoms with van der Waals surface area (Å²) < 4.78 is 5.36. The number of rotatable bonds is 4. The zero-order valence-corrected chi connectivity index (χ0v) is 10.7. The monoisotopic (exact) mass is 302 g/mol. The number of ether oxygens (including phenoxy) is 1. The molecule has 0 amide bonds. The van der Waals surface area contributed by atoms with Gasteiger partial charge >= 0.3 is 11.7 Å². The van der Waals surface area contributed by atoms with E-state index in [0.29, 0.717) is 4.47 Å². The molecular weight excluding hydrogens is 294 g/mol. The predicted molar refractivity (Wildman–Crippen MR) is 60.8 cm³/mol. The van der Waals surface area contributed by atoms with E-state index in [-0.39, 0.29) is 16.4 Å². The summed E-state index contributed by atoms with van der Waals surface area (Å²) in [6, 6.07) is 4.35. The van der Waals surface area contributed by atoms with Crippen molar-refractivity contribution in [1.82, 2.24) is 0 Å². The first-order valence-corrected chi connectivity index (χ1v) is 5.28. The molecule has 0 N–H and O–H groups in total. The second-order valence-electron chi connectivity index (χ2n) is 3.00. The van der Waals surface area contributed by atoms with Crippen LogP contribution in [0.4, 0.5) is 5.69 Å². The van der Waals surface area contributed by atoms with Gasteiger partial charge in [-0.1, -0.05) is 15.9 Å². The van der Waals surface area contributed by atoms with E-state index in [2.05, 4.69) is 20.8 Å². The van der Waals surface area contributed by atoms with Crippen LogP contribution in [-0.2, 0) is 14.4 Å². The number of benzene rings is 1. The Balaban J connectivity index is 3.10. The Labute approximate surface area is 105 Å². The summed E-state index contributed by atoms with van der Waals surface area (Å²) >= 11 is 3.16. The SMILES string of the molecule is CO[N+](=O)c1cc(Br)ccc1OC(=O)C(C)=O. The van der Waals surface area contributed by atoms with Gasteiger partial charge in [-0.3, -0.25) is 4.79 Å². The van der Waals surface area contributed by atoms with Crippen LogP contribution in [0.5, 0.6) is 5.75 Å². The second kappa shape index (κ2) is 5.53. The first-order chi connectivity index (χ1) is 7.95. The zero-order valence-electron chi connectivity index (χ0n) is 9.10. The van der Waals surface area contributed by atoms with Gasteiger partial charge in [0.1, 0.15) is 0 Å². The molecule has 0 radical (unpaired) electrons. The van der Waals surface area contributed by atoms with Gasteiger partial charge in [-0.2, -0.15) is 0 Å². The summed E-state index contributed by atoms with van der Waals surface area (Å²) in [7, 11) is 1.17. The van der Waals surface area contributed by atoms with Crippen LogP contribution in [-0.4, -0.2) is 23.8 Å². The van der Waals surface area contributed by atoms with Crippen molar-refractivity contribution in [3.05, 3.63) is 27.6 Å². The molecule has 0 bridgehead atoms. The molecule has 17 heavy (non-hydrogen) atoms. The second-order valence-corrected chi connectivity index (χ2v) is 3.91. The van der Waals surface area contributed by atoms with Crippen LogP contribution in [0.1, 0.15) is 6.92 Å². The maximum absolute atomic E-state index is 11.3. The molecule has 0 saturated carbocycles. The fourth-order valence-electron chi connectivity index (χ4n) is 0.990. The van der Waals surface area contributed by atoms with E-state index < -0.39 is 11.8 Å². The number of ketones is 1. The molecule has 0 aliphatic carbocycles. The standard InChI is InChI=1S/C10H9BrNO5/c1-6(13)10(14)17-9-4-3-7(11)5-8(9)12(15)16-2/h3-5H,1-2H3/q+1. The number of hydrogen-bond acceptors (Lipinski definition) is 5. The minimum Gasteiger partial charge on any atom is -0.413 e. The van der Waals surface area contributed by atoms with E-state index in [4.69, 9.17) is 4.74 Å². The molecule has 0 fully saturated rings. The van der Waals surface area contributed by atoms with Gasteiger partial charge in [-0.05, 0) is 12.1 Å². The molecule has 0 atom stereocenters. The summed E-state index contributed by atoms with van der Waals surface area (Å²) in [5.41, 5.74) is -0.0172. The van der Waals surface area contributed by atoms with Crippen LogP contribution < -0.4 is 4.74 Å². The van der Waals surface area contributed by atoms with Crippen molar-refractivity contribution in [2.75, 3.05) is 7.11 Å². The van der Waals surface area contributed by atoms with Crippen LogP contribution in [0.15, 0.2) is 22.7 Å². The molecule has 0 aliphatic heterocycles. The molecule has 0 aliphatic rings. The van der Waals surface area contributed by atoms with Gasteiger partial charge in [-0.25, -0.2) is 9.63 Å². The maximum atomic E-state index is 11.3. The van der Waals surface area contributed by atoms with Crippen molar-refractivity contribution < 1.29 is 24.1 Å². The van der Waals surface area contributed by atoms with Crippen LogP contribution >= 0.6 is 15.9 Å². The largest absolute Gasteiger partial charge is 0.413 e. The van der Waals surface area contributed by atoms with Gasteiger partial charge in [0.15, 0.2) is 7.11 Å². The number of halogens is 1. The molecule has 1 aromatic rings. The highest BCUT2D eigenvalue weighted by atomic mass is 79.9. The molecule has 0 spiro atoms. The lowest BCUT2D eigenvalue weighted by Crippen LogP contribution is -2.17. The molecule has 0 heterocycles. The lowest BCUT2D eigenvalue weighted by atomic mass is 10.3. The third kappa shape index (κ3) is 3.35. The minimum absolute atomic E-state index is 0.0172. The third-order valence-corrected chi connectivity index (χ3v) is 2.27. The summed E-state index contributed by atoms with van der Waals surface area (Å²) in [5.74, 6) is -1.85. The quantitative estimate of drug-likeness (QED) is 0.368. The Hall–Kier alpha value is -1.76.